The molecule has 2 rings (SSSR count). The van der Waals surface area contributed by atoms with Crippen LogP contribution in [0.5, 0.6) is 5.75 Å². The highest BCUT2D eigenvalue weighted by Crippen LogP contribution is 2.29. The fraction of sp³-hybridized carbons (Fsp3) is 0.308. The summed E-state index contributed by atoms with van der Waals surface area (Å²) in [4.78, 5) is 11.5. The third-order valence-corrected chi connectivity index (χ3v) is 2.53. The van der Waals surface area contributed by atoms with Crippen molar-refractivity contribution in [3.8, 4) is 5.75 Å². The molecule has 90 valence electrons. The fourth-order valence-electron chi connectivity index (χ4n) is 1.42. The number of urea groups is 1. The molecule has 1 saturated carbocycles. The predicted molar refractivity (Wildman–Crippen MR) is 67.0 cm³/mol. The summed E-state index contributed by atoms with van der Waals surface area (Å²) in [7, 11) is 1.59. The normalized spacial score (nSPS) is 14.6. The Morgan fingerprint density at radius 3 is 3.00 bits per heavy atom. The number of nitrogens with one attached hydrogen (secondary N) is 2. The highest BCUT2D eigenvalue weighted by molar-refractivity contribution is 5.90. The van der Waals surface area contributed by atoms with Crippen LogP contribution in [0.2, 0.25) is 0 Å². The van der Waals surface area contributed by atoms with E-state index in [9.17, 15) is 4.79 Å². The first-order valence-corrected chi connectivity index (χ1v) is 5.66. The molecule has 0 radical (unpaired) electrons. The maximum Gasteiger partial charge on any atom is 0.323 e. The summed E-state index contributed by atoms with van der Waals surface area (Å²) in [6, 6.07) is 7.00. The molecule has 0 aromatic heterocycles. The Morgan fingerprint density at radius 1 is 1.47 bits per heavy atom. The number of carbonyl (C=O) groups excluding carboxylic acids is 1. The van der Waals surface area contributed by atoms with Gasteiger partial charge < -0.3 is 15.4 Å². The summed E-state index contributed by atoms with van der Waals surface area (Å²) in [5, 5.41) is 5.40. The monoisotopic (exact) mass is 232 g/mol. The number of carbonyl (C=O) groups is 1. The summed E-state index contributed by atoms with van der Waals surface area (Å²) >= 11 is 0. The topological polar surface area (TPSA) is 50.4 Å². The number of allylic oxidation sites excluding steroid dienone is 1. The van der Waals surface area contributed by atoms with Gasteiger partial charge in [-0.3, -0.25) is 0 Å². The Balaban J connectivity index is 1.83. The SMILES string of the molecule is COc1cccc(NC(=O)N/C=C/C2CC2)c1. The maximum atomic E-state index is 11.5. The first-order valence-electron chi connectivity index (χ1n) is 5.66. The minimum atomic E-state index is -0.241. The van der Waals surface area contributed by atoms with Gasteiger partial charge in [-0.25, -0.2) is 4.79 Å². The van der Waals surface area contributed by atoms with Crippen LogP contribution < -0.4 is 15.4 Å². The molecule has 4 heteroatoms. The molecular formula is C13H16N2O2. The van der Waals surface area contributed by atoms with Crippen molar-refractivity contribution in [2.75, 3.05) is 12.4 Å². The second-order valence-electron chi connectivity index (χ2n) is 4.03. The lowest BCUT2D eigenvalue weighted by Gasteiger charge is -2.06. The van der Waals surface area contributed by atoms with Crippen molar-refractivity contribution in [3.63, 3.8) is 0 Å². The van der Waals surface area contributed by atoms with Gasteiger partial charge in [0.15, 0.2) is 0 Å². The van der Waals surface area contributed by atoms with Crippen LogP contribution in [0.25, 0.3) is 0 Å². The minimum absolute atomic E-state index is 0.241. The molecule has 2 amide bonds. The Kier molecular flexibility index (Phi) is 3.65. The van der Waals surface area contributed by atoms with E-state index in [1.165, 1.54) is 12.8 Å². The van der Waals surface area contributed by atoms with Gasteiger partial charge in [-0.05, 0) is 30.9 Å². The zero-order valence-corrected chi connectivity index (χ0v) is 9.77. The molecule has 2 N–H and O–H groups in total. The molecule has 0 unspecified atom stereocenters. The molecule has 0 spiro atoms. The second kappa shape index (κ2) is 5.39. The number of rotatable bonds is 4. The van der Waals surface area contributed by atoms with Crippen LogP contribution in [0.1, 0.15) is 12.8 Å². The summed E-state index contributed by atoms with van der Waals surface area (Å²) in [5.41, 5.74) is 0.710. The van der Waals surface area contributed by atoms with Crippen LogP contribution in [0.15, 0.2) is 36.5 Å². The van der Waals surface area contributed by atoms with E-state index in [2.05, 4.69) is 10.6 Å². The van der Waals surface area contributed by atoms with E-state index in [-0.39, 0.29) is 6.03 Å². The predicted octanol–water partition coefficient (Wildman–Crippen LogP) is 2.74. The van der Waals surface area contributed by atoms with Crippen molar-refractivity contribution in [1.82, 2.24) is 5.32 Å². The maximum absolute atomic E-state index is 11.5. The minimum Gasteiger partial charge on any atom is -0.497 e. The van der Waals surface area contributed by atoms with Gasteiger partial charge in [-0.2, -0.15) is 0 Å². The first-order chi connectivity index (χ1) is 8.28. The lowest BCUT2D eigenvalue weighted by molar-refractivity contribution is 0.255. The van der Waals surface area contributed by atoms with Crippen LogP contribution in [-0.2, 0) is 0 Å². The van der Waals surface area contributed by atoms with E-state index in [1.54, 1.807) is 19.4 Å². The number of ether oxygens (including phenoxy) is 1. The van der Waals surface area contributed by atoms with E-state index < -0.39 is 0 Å². The molecular weight excluding hydrogens is 216 g/mol. The van der Waals surface area contributed by atoms with Crippen molar-refractivity contribution in [1.29, 1.82) is 0 Å². The average molecular weight is 232 g/mol. The number of hydrogen-bond acceptors (Lipinski definition) is 2. The van der Waals surface area contributed by atoms with Crippen LogP contribution in [-0.4, -0.2) is 13.1 Å². The molecule has 1 aliphatic rings. The molecule has 1 aromatic carbocycles. The average Bonchev–Trinajstić information content (AvgIpc) is 3.13. The molecule has 1 fully saturated rings. The van der Waals surface area contributed by atoms with Crippen molar-refractivity contribution in [3.05, 3.63) is 36.5 Å². The van der Waals surface area contributed by atoms with Gasteiger partial charge >= 0.3 is 6.03 Å². The molecule has 0 aliphatic heterocycles. The molecule has 0 heterocycles. The zero-order valence-electron chi connectivity index (χ0n) is 9.77. The van der Waals surface area contributed by atoms with E-state index >= 15 is 0 Å². The van der Waals surface area contributed by atoms with Gasteiger partial charge in [0.25, 0.3) is 0 Å². The number of anilines is 1. The molecule has 0 saturated heterocycles. The van der Waals surface area contributed by atoms with Crippen LogP contribution >= 0.6 is 0 Å². The van der Waals surface area contributed by atoms with Crippen molar-refractivity contribution >= 4 is 11.7 Å². The molecule has 17 heavy (non-hydrogen) atoms. The molecule has 1 aliphatic carbocycles. The van der Waals surface area contributed by atoms with Gasteiger partial charge in [0.1, 0.15) is 5.75 Å². The van der Waals surface area contributed by atoms with Crippen LogP contribution in [0.3, 0.4) is 0 Å². The van der Waals surface area contributed by atoms with Crippen LogP contribution in [0, 0.1) is 5.92 Å². The van der Waals surface area contributed by atoms with E-state index in [0.717, 1.165) is 5.75 Å². The van der Waals surface area contributed by atoms with E-state index in [4.69, 9.17) is 4.74 Å². The number of benzene rings is 1. The van der Waals surface area contributed by atoms with E-state index in [0.29, 0.717) is 11.6 Å². The Bertz CT molecular complexity index is 425. The van der Waals surface area contributed by atoms with E-state index in [1.807, 2.05) is 24.3 Å². The Hall–Kier alpha value is -1.97. The molecule has 1 aromatic rings. The van der Waals surface area contributed by atoms with Crippen LogP contribution in [0.4, 0.5) is 10.5 Å². The smallest absolute Gasteiger partial charge is 0.323 e. The lowest BCUT2D eigenvalue weighted by Crippen LogP contribution is -2.23. The van der Waals surface area contributed by atoms with Gasteiger partial charge in [-0.15, -0.1) is 0 Å². The van der Waals surface area contributed by atoms with Crippen molar-refractivity contribution < 1.29 is 9.53 Å². The lowest BCUT2D eigenvalue weighted by atomic mass is 10.3. The molecule has 4 nitrogen and oxygen atoms in total. The van der Waals surface area contributed by atoms with Gasteiger partial charge in [0, 0.05) is 18.0 Å². The zero-order chi connectivity index (χ0) is 12.1. The molecule has 0 bridgehead atoms. The summed E-state index contributed by atoms with van der Waals surface area (Å²) in [6.07, 6.45) is 6.18. The fourth-order valence-corrected chi connectivity index (χ4v) is 1.42. The van der Waals surface area contributed by atoms with Gasteiger partial charge in [0.05, 0.1) is 7.11 Å². The summed E-state index contributed by atoms with van der Waals surface area (Å²) in [6.45, 7) is 0. The van der Waals surface area contributed by atoms with Crippen molar-refractivity contribution in [2.24, 2.45) is 5.92 Å². The largest absolute Gasteiger partial charge is 0.497 e. The number of methoxy groups -OCH3 is 1. The summed E-state index contributed by atoms with van der Waals surface area (Å²) in [5.74, 6) is 1.38. The standard InChI is InChI=1S/C13H16N2O2/c1-17-12-4-2-3-11(9-12)15-13(16)14-8-7-10-5-6-10/h2-4,7-10H,5-6H2,1H3,(H2,14,15,16)/b8-7+. The van der Waals surface area contributed by atoms with Crippen molar-refractivity contribution in [2.45, 2.75) is 12.8 Å². The Labute approximate surface area is 101 Å². The van der Waals surface area contributed by atoms with Gasteiger partial charge in [0.2, 0.25) is 0 Å². The third kappa shape index (κ3) is 3.83. The third-order valence-electron chi connectivity index (χ3n) is 2.53. The Morgan fingerprint density at radius 2 is 2.29 bits per heavy atom. The first kappa shape index (κ1) is 11.5. The highest BCUT2D eigenvalue weighted by Gasteiger charge is 2.16. The number of hydrogen-bond donors (Lipinski definition) is 2. The quantitative estimate of drug-likeness (QED) is 0.838. The highest BCUT2D eigenvalue weighted by atomic mass is 16.5. The second-order valence-corrected chi connectivity index (χ2v) is 4.03. The molecule has 0 atom stereocenters. The van der Waals surface area contributed by atoms with Gasteiger partial charge in [-0.1, -0.05) is 12.1 Å². The number of amides is 2. The summed E-state index contributed by atoms with van der Waals surface area (Å²) < 4.78 is 5.07.